The summed E-state index contributed by atoms with van der Waals surface area (Å²) in [6.45, 7) is 6.86. The van der Waals surface area contributed by atoms with Gasteiger partial charge in [-0.1, -0.05) is 6.07 Å². The lowest BCUT2D eigenvalue weighted by Crippen LogP contribution is -2.47. The molecule has 5 heteroatoms. The highest BCUT2D eigenvalue weighted by molar-refractivity contribution is 5.29. The van der Waals surface area contributed by atoms with Gasteiger partial charge in [0.05, 0.1) is 13.2 Å². The Morgan fingerprint density at radius 1 is 1.50 bits per heavy atom. The van der Waals surface area contributed by atoms with Gasteiger partial charge < -0.3 is 14.6 Å². The maximum atomic E-state index is 13.7. The molecule has 0 amide bonds. The van der Waals surface area contributed by atoms with Crippen LogP contribution in [0.2, 0.25) is 0 Å². The zero-order valence-electron chi connectivity index (χ0n) is 12.0. The molecule has 20 heavy (non-hydrogen) atoms. The maximum Gasteiger partial charge on any atom is 0.165 e. The minimum Gasteiger partial charge on any atom is -0.488 e. The molecular formula is C15H22FNO3. The summed E-state index contributed by atoms with van der Waals surface area (Å²) >= 11 is 0. The Morgan fingerprint density at radius 2 is 2.30 bits per heavy atom. The Hall–Kier alpha value is -1.17. The summed E-state index contributed by atoms with van der Waals surface area (Å²) in [4.78, 5) is 2.32. The second-order valence-electron chi connectivity index (χ2n) is 5.32. The van der Waals surface area contributed by atoms with Crippen LogP contribution in [0.5, 0.6) is 5.75 Å². The third-order valence-corrected chi connectivity index (χ3v) is 3.50. The molecule has 0 bridgehead atoms. The fourth-order valence-corrected chi connectivity index (χ4v) is 2.25. The van der Waals surface area contributed by atoms with Crippen molar-refractivity contribution in [1.29, 1.82) is 0 Å². The molecule has 1 aliphatic heterocycles. The monoisotopic (exact) mass is 283 g/mol. The van der Waals surface area contributed by atoms with Gasteiger partial charge in [-0.15, -0.1) is 0 Å². The molecule has 1 aromatic carbocycles. The first-order chi connectivity index (χ1) is 9.60. The molecule has 1 saturated heterocycles. The van der Waals surface area contributed by atoms with E-state index in [0.717, 1.165) is 13.1 Å². The van der Waals surface area contributed by atoms with Crippen LogP contribution < -0.4 is 4.74 Å². The van der Waals surface area contributed by atoms with Gasteiger partial charge in [-0.3, -0.25) is 4.90 Å². The van der Waals surface area contributed by atoms with Gasteiger partial charge in [0.25, 0.3) is 0 Å². The van der Waals surface area contributed by atoms with E-state index in [2.05, 4.69) is 18.7 Å². The highest BCUT2D eigenvalue weighted by Gasteiger charge is 2.23. The molecule has 0 saturated carbocycles. The molecule has 1 unspecified atom stereocenters. The Kier molecular flexibility index (Phi) is 5.34. The van der Waals surface area contributed by atoms with Crippen LogP contribution in [0.4, 0.5) is 4.39 Å². The number of nitrogens with zero attached hydrogens (tertiary/aromatic N) is 1. The van der Waals surface area contributed by atoms with Crippen LogP contribution in [0.25, 0.3) is 0 Å². The quantitative estimate of drug-likeness (QED) is 0.895. The highest BCUT2D eigenvalue weighted by atomic mass is 19.1. The predicted molar refractivity (Wildman–Crippen MR) is 74.3 cm³/mol. The van der Waals surface area contributed by atoms with Crippen molar-refractivity contribution in [3.05, 3.63) is 29.6 Å². The van der Waals surface area contributed by atoms with Crippen molar-refractivity contribution in [2.45, 2.75) is 32.6 Å². The first-order valence-electron chi connectivity index (χ1n) is 6.98. The lowest BCUT2D eigenvalue weighted by Gasteiger charge is -2.35. The molecule has 1 atom stereocenters. The van der Waals surface area contributed by atoms with Crippen molar-refractivity contribution in [2.24, 2.45) is 0 Å². The lowest BCUT2D eigenvalue weighted by atomic mass is 10.2. The molecule has 0 aromatic heterocycles. The third kappa shape index (κ3) is 3.91. The van der Waals surface area contributed by atoms with E-state index in [0.29, 0.717) is 24.8 Å². The van der Waals surface area contributed by atoms with Gasteiger partial charge in [-0.2, -0.15) is 0 Å². The van der Waals surface area contributed by atoms with E-state index in [1.165, 1.54) is 6.07 Å². The fourth-order valence-electron chi connectivity index (χ4n) is 2.25. The number of hydrogen-bond donors (Lipinski definition) is 1. The molecule has 1 heterocycles. The lowest BCUT2D eigenvalue weighted by molar-refractivity contribution is -0.0568. The van der Waals surface area contributed by atoms with Gasteiger partial charge in [0, 0.05) is 19.1 Å². The number of rotatable bonds is 5. The summed E-state index contributed by atoms with van der Waals surface area (Å²) in [7, 11) is 0. The second-order valence-corrected chi connectivity index (χ2v) is 5.32. The van der Waals surface area contributed by atoms with Crippen molar-refractivity contribution in [3.63, 3.8) is 0 Å². The Labute approximate surface area is 119 Å². The molecule has 1 N–H and O–H groups in total. The summed E-state index contributed by atoms with van der Waals surface area (Å²) in [5.41, 5.74) is 0.537. The Balaban J connectivity index is 1.88. The number of aliphatic hydroxyl groups is 1. The van der Waals surface area contributed by atoms with Crippen molar-refractivity contribution in [1.82, 2.24) is 4.90 Å². The van der Waals surface area contributed by atoms with Gasteiger partial charge >= 0.3 is 0 Å². The first-order valence-corrected chi connectivity index (χ1v) is 6.98. The van der Waals surface area contributed by atoms with E-state index in [9.17, 15) is 4.39 Å². The fraction of sp³-hybridized carbons (Fsp3) is 0.600. The molecule has 2 rings (SSSR count). The largest absolute Gasteiger partial charge is 0.488 e. The van der Waals surface area contributed by atoms with Crippen LogP contribution in [0.1, 0.15) is 19.4 Å². The molecule has 0 spiro atoms. The average Bonchev–Trinajstić information content (AvgIpc) is 2.46. The summed E-state index contributed by atoms with van der Waals surface area (Å²) in [5, 5.41) is 8.93. The van der Waals surface area contributed by atoms with Gasteiger partial charge in [0.1, 0.15) is 12.7 Å². The highest BCUT2D eigenvalue weighted by Crippen LogP contribution is 2.19. The van der Waals surface area contributed by atoms with E-state index in [4.69, 9.17) is 14.6 Å². The summed E-state index contributed by atoms with van der Waals surface area (Å²) < 4.78 is 24.8. The maximum absolute atomic E-state index is 13.7. The van der Waals surface area contributed by atoms with E-state index in [-0.39, 0.29) is 18.5 Å². The van der Waals surface area contributed by atoms with Crippen LogP contribution in [-0.2, 0) is 11.3 Å². The number of morpholine rings is 1. The molecule has 1 aromatic rings. The summed E-state index contributed by atoms with van der Waals surface area (Å²) in [5.74, 6) is -0.249. The minimum atomic E-state index is -0.451. The molecular weight excluding hydrogens is 261 g/mol. The SMILES string of the molecule is CC(C)N1CCOC(COc2ccc(CO)cc2F)C1. The summed E-state index contributed by atoms with van der Waals surface area (Å²) in [6.07, 6.45) is -0.0388. The average molecular weight is 283 g/mol. The Morgan fingerprint density at radius 3 is 2.95 bits per heavy atom. The first kappa shape index (κ1) is 15.2. The molecule has 0 radical (unpaired) electrons. The zero-order chi connectivity index (χ0) is 14.5. The number of halogens is 1. The van der Waals surface area contributed by atoms with E-state index in [1.807, 2.05) is 0 Å². The smallest absolute Gasteiger partial charge is 0.165 e. The van der Waals surface area contributed by atoms with Crippen LogP contribution in [0.15, 0.2) is 18.2 Å². The normalized spacial score (nSPS) is 20.4. The number of aliphatic hydroxyl groups excluding tert-OH is 1. The van der Waals surface area contributed by atoms with Crippen LogP contribution in [-0.4, -0.2) is 48.5 Å². The molecule has 4 nitrogen and oxygen atoms in total. The van der Waals surface area contributed by atoms with Gasteiger partial charge in [-0.05, 0) is 31.5 Å². The number of benzene rings is 1. The van der Waals surface area contributed by atoms with Crippen molar-refractivity contribution in [2.75, 3.05) is 26.3 Å². The van der Waals surface area contributed by atoms with E-state index in [1.54, 1.807) is 12.1 Å². The van der Waals surface area contributed by atoms with Crippen LogP contribution >= 0.6 is 0 Å². The third-order valence-electron chi connectivity index (χ3n) is 3.50. The number of hydrogen-bond acceptors (Lipinski definition) is 4. The van der Waals surface area contributed by atoms with E-state index < -0.39 is 5.82 Å². The van der Waals surface area contributed by atoms with Gasteiger partial charge in [0.15, 0.2) is 11.6 Å². The van der Waals surface area contributed by atoms with Crippen molar-refractivity contribution in [3.8, 4) is 5.75 Å². The molecule has 1 fully saturated rings. The van der Waals surface area contributed by atoms with Crippen molar-refractivity contribution < 1.29 is 19.0 Å². The topological polar surface area (TPSA) is 41.9 Å². The minimum absolute atomic E-state index is 0.0388. The second kappa shape index (κ2) is 7.02. The van der Waals surface area contributed by atoms with Crippen LogP contribution in [0.3, 0.4) is 0 Å². The molecule has 0 aliphatic carbocycles. The summed E-state index contributed by atoms with van der Waals surface area (Å²) in [6, 6.07) is 4.96. The van der Waals surface area contributed by atoms with Crippen LogP contribution in [0, 0.1) is 5.82 Å². The van der Waals surface area contributed by atoms with E-state index >= 15 is 0 Å². The molecule has 1 aliphatic rings. The standard InChI is InChI=1S/C15H22FNO3/c1-11(2)17-5-6-19-13(8-17)10-20-15-4-3-12(9-18)7-14(15)16/h3-4,7,11,13,18H,5-6,8-10H2,1-2H3. The number of ether oxygens (including phenoxy) is 2. The molecule has 112 valence electrons. The van der Waals surface area contributed by atoms with Crippen molar-refractivity contribution >= 4 is 0 Å². The Bertz CT molecular complexity index is 439. The predicted octanol–water partition coefficient (Wildman–Crippen LogP) is 1.81. The zero-order valence-corrected chi connectivity index (χ0v) is 12.0. The van der Waals surface area contributed by atoms with Gasteiger partial charge in [-0.25, -0.2) is 4.39 Å². The van der Waals surface area contributed by atoms with Gasteiger partial charge in [0.2, 0.25) is 0 Å².